The molecule has 0 aliphatic carbocycles. The lowest BCUT2D eigenvalue weighted by Gasteiger charge is -2.06. The van der Waals surface area contributed by atoms with E-state index in [4.69, 9.17) is 23.2 Å². The van der Waals surface area contributed by atoms with Crippen molar-refractivity contribution in [1.82, 2.24) is 5.32 Å². The fraction of sp³-hybridized carbons (Fsp3) is 0.308. The molecule has 1 aromatic carbocycles. The molecule has 0 heterocycles. The number of halogens is 2. The Bertz CT molecular complexity index is 531. The Morgan fingerprint density at radius 2 is 1.90 bits per heavy atom. The molecule has 0 bridgehead atoms. The average molecular weight is 318 g/mol. The van der Waals surface area contributed by atoms with E-state index in [9.17, 15) is 14.4 Å². The van der Waals surface area contributed by atoms with E-state index in [0.29, 0.717) is 5.02 Å². The maximum Gasteiger partial charge on any atom is 0.305 e. The van der Waals surface area contributed by atoms with E-state index in [1.807, 2.05) is 0 Å². The van der Waals surface area contributed by atoms with Gasteiger partial charge < -0.3 is 10.1 Å². The summed E-state index contributed by atoms with van der Waals surface area (Å²) in [6, 6.07) is 4.44. The maximum absolute atomic E-state index is 11.8. The normalized spacial score (nSPS) is 9.95. The number of carbonyl (C=O) groups excluding carboxylic acids is 3. The van der Waals surface area contributed by atoms with Crippen molar-refractivity contribution in [2.75, 3.05) is 13.7 Å². The summed E-state index contributed by atoms with van der Waals surface area (Å²) in [6.45, 7) is -0.172. The van der Waals surface area contributed by atoms with Crippen LogP contribution in [0.4, 0.5) is 0 Å². The second-order valence-electron chi connectivity index (χ2n) is 3.92. The zero-order valence-electron chi connectivity index (χ0n) is 10.7. The highest BCUT2D eigenvalue weighted by Gasteiger charge is 2.13. The molecule has 0 spiro atoms. The van der Waals surface area contributed by atoms with Crippen LogP contribution >= 0.6 is 23.2 Å². The second-order valence-corrected chi connectivity index (χ2v) is 4.77. The van der Waals surface area contributed by atoms with E-state index in [0.717, 1.165) is 0 Å². The van der Waals surface area contributed by atoms with Gasteiger partial charge in [-0.05, 0) is 18.2 Å². The highest BCUT2D eigenvalue weighted by molar-refractivity contribution is 6.36. The van der Waals surface area contributed by atoms with Gasteiger partial charge in [-0.1, -0.05) is 23.2 Å². The number of methoxy groups -OCH3 is 1. The quantitative estimate of drug-likeness (QED) is 0.817. The monoisotopic (exact) mass is 317 g/mol. The van der Waals surface area contributed by atoms with Crippen LogP contribution in [0.5, 0.6) is 0 Å². The Hall–Kier alpha value is -1.59. The first-order valence-corrected chi connectivity index (χ1v) is 6.51. The standard InChI is InChI=1S/C13H13Cl2NO4/c1-20-12(18)5-3-9(17)7-16-13(19)10-4-2-8(14)6-11(10)15/h2,4,6H,3,5,7H2,1H3,(H,16,19). The van der Waals surface area contributed by atoms with E-state index in [1.165, 1.54) is 25.3 Å². The number of ether oxygens (including phenoxy) is 1. The molecule has 0 saturated carbocycles. The van der Waals surface area contributed by atoms with Gasteiger partial charge in [-0.15, -0.1) is 0 Å². The summed E-state index contributed by atoms with van der Waals surface area (Å²) in [7, 11) is 1.25. The Kier molecular flexibility index (Phi) is 6.48. The number of nitrogens with one attached hydrogen (secondary N) is 1. The van der Waals surface area contributed by atoms with Gasteiger partial charge in [0, 0.05) is 11.4 Å². The Labute approximate surface area is 126 Å². The number of hydrogen-bond acceptors (Lipinski definition) is 4. The summed E-state index contributed by atoms with van der Waals surface area (Å²) in [5, 5.41) is 3.06. The van der Waals surface area contributed by atoms with Gasteiger partial charge in [-0.25, -0.2) is 0 Å². The highest BCUT2D eigenvalue weighted by atomic mass is 35.5. The van der Waals surface area contributed by atoms with Crippen LogP contribution in [0.25, 0.3) is 0 Å². The summed E-state index contributed by atoms with van der Waals surface area (Å²) in [6.07, 6.45) is 0.00814. The molecule has 0 aromatic heterocycles. The van der Waals surface area contributed by atoms with Crippen LogP contribution in [0, 0.1) is 0 Å². The molecule has 1 aromatic rings. The topological polar surface area (TPSA) is 72.5 Å². The van der Waals surface area contributed by atoms with E-state index < -0.39 is 11.9 Å². The minimum absolute atomic E-state index is 0.00704. The number of ketones is 1. The highest BCUT2D eigenvalue weighted by Crippen LogP contribution is 2.20. The van der Waals surface area contributed by atoms with Gasteiger partial charge >= 0.3 is 5.97 Å². The van der Waals surface area contributed by atoms with E-state index >= 15 is 0 Å². The van der Waals surface area contributed by atoms with Crippen molar-refractivity contribution in [3.8, 4) is 0 Å². The summed E-state index contributed by atoms with van der Waals surface area (Å²) < 4.78 is 4.41. The molecule has 1 rings (SSSR count). The smallest absolute Gasteiger partial charge is 0.305 e. The third kappa shape index (κ3) is 5.19. The van der Waals surface area contributed by atoms with Crippen LogP contribution in [-0.4, -0.2) is 31.3 Å². The van der Waals surface area contributed by atoms with Crippen molar-refractivity contribution in [3.05, 3.63) is 33.8 Å². The number of esters is 1. The molecule has 0 atom stereocenters. The third-order valence-corrected chi connectivity index (χ3v) is 3.01. The van der Waals surface area contributed by atoms with E-state index in [2.05, 4.69) is 10.1 Å². The van der Waals surface area contributed by atoms with Crippen LogP contribution in [0.1, 0.15) is 23.2 Å². The van der Waals surface area contributed by atoms with Crippen LogP contribution in [-0.2, 0) is 14.3 Å². The summed E-state index contributed by atoms with van der Waals surface area (Å²) in [5.74, 6) is -1.21. The van der Waals surface area contributed by atoms with Crippen LogP contribution in [0.15, 0.2) is 18.2 Å². The van der Waals surface area contributed by atoms with Crippen LogP contribution in [0.2, 0.25) is 10.0 Å². The Morgan fingerprint density at radius 3 is 2.50 bits per heavy atom. The number of amides is 1. The first-order valence-electron chi connectivity index (χ1n) is 5.75. The predicted molar refractivity (Wildman–Crippen MR) is 75.1 cm³/mol. The van der Waals surface area contributed by atoms with Crippen molar-refractivity contribution in [2.45, 2.75) is 12.8 Å². The van der Waals surface area contributed by atoms with Gasteiger partial charge in [0.25, 0.3) is 5.91 Å². The number of hydrogen-bond donors (Lipinski definition) is 1. The van der Waals surface area contributed by atoms with Gasteiger partial charge in [0.1, 0.15) is 0 Å². The molecule has 1 N–H and O–H groups in total. The first kappa shape index (κ1) is 16.5. The summed E-state index contributed by atoms with van der Waals surface area (Å²) >= 11 is 11.6. The number of benzene rings is 1. The molecule has 0 fully saturated rings. The molecule has 0 aliphatic rings. The van der Waals surface area contributed by atoms with Crippen molar-refractivity contribution < 1.29 is 19.1 Å². The lowest BCUT2D eigenvalue weighted by Crippen LogP contribution is -2.29. The molecular formula is C13H13Cl2NO4. The third-order valence-electron chi connectivity index (χ3n) is 2.46. The van der Waals surface area contributed by atoms with Crippen molar-refractivity contribution >= 4 is 40.9 Å². The van der Waals surface area contributed by atoms with Crippen molar-refractivity contribution in [2.24, 2.45) is 0 Å². The lowest BCUT2D eigenvalue weighted by molar-refractivity contribution is -0.141. The minimum atomic E-state index is -0.474. The second kappa shape index (κ2) is 7.87. The van der Waals surface area contributed by atoms with Crippen LogP contribution < -0.4 is 5.32 Å². The summed E-state index contributed by atoms with van der Waals surface area (Å²) in [4.78, 5) is 34.1. The number of Topliss-reactive ketones (excluding diaryl/α,β-unsaturated/α-hetero) is 1. The predicted octanol–water partition coefficient (Wildman–Crippen LogP) is 2.25. The minimum Gasteiger partial charge on any atom is -0.469 e. The van der Waals surface area contributed by atoms with Gasteiger partial charge in [-0.2, -0.15) is 0 Å². The van der Waals surface area contributed by atoms with Crippen LogP contribution in [0.3, 0.4) is 0 Å². The fourth-order valence-electron chi connectivity index (χ4n) is 1.38. The molecule has 5 nitrogen and oxygen atoms in total. The fourth-order valence-corrected chi connectivity index (χ4v) is 1.87. The lowest BCUT2D eigenvalue weighted by atomic mass is 10.2. The molecule has 0 saturated heterocycles. The van der Waals surface area contributed by atoms with E-state index in [-0.39, 0.29) is 35.8 Å². The van der Waals surface area contributed by atoms with Gasteiger partial charge in [0.15, 0.2) is 5.78 Å². The molecule has 7 heteroatoms. The largest absolute Gasteiger partial charge is 0.469 e. The maximum atomic E-state index is 11.8. The zero-order chi connectivity index (χ0) is 15.1. The zero-order valence-corrected chi connectivity index (χ0v) is 12.3. The average Bonchev–Trinajstić information content (AvgIpc) is 2.42. The molecule has 1 amide bonds. The first-order chi connectivity index (χ1) is 9.43. The number of carbonyl (C=O) groups is 3. The Balaban J connectivity index is 2.47. The Morgan fingerprint density at radius 1 is 1.20 bits per heavy atom. The van der Waals surface area contributed by atoms with Crippen molar-refractivity contribution in [3.63, 3.8) is 0 Å². The SMILES string of the molecule is COC(=O)CCC(=O)CNC(=O)c1ccc(Cl)cc1Cl. The van der Waals surface area contributed by atoms with Gasteiger partial charge in [0.05, 0.1) is 30.7 Å². The number of rotatable bonds is 6. The molecule has 20 heavy (non-hydrogen) atoms. The molecule has 0 unspecified atom stereocenters. The molecule has 0 aliphatic heterocycles. The van der Waals surface area contributed by atoms with Crippen molar-refractivity contribution in [1.29, 1.82) is 0 Å². The summed E-state index contributed by atoms with van der Waals surface area (Å²) in [5.41, 5.74) is 0.233. The molecule has 108 valence electrons. The molecule has 0 radical (unpaired) electrons. The van der Waals surface area contributed by atoms with Gasteiger partial charge in [-0.3, -0.25) is 14.4 Å². The molecular weight excluding hydrogens is 305 g/mol. The van der Waals surface area contributed by atoms with Gasteiger partial charge in [0.2, 0.25) is 0 Å². The van der Waals surface area contributed by atoms with E-state index in [1.54, 1.807) is 0 Å².